The molecule has 3 rings (SSSR count). The fraction of sp³-hybridized carbons (Fsp3) is 0.222. The molecule has 2 heterocycles. The van der Waals surface area contributed by atoms with E-state index in [-0.39, 0.29) is 18.0 Å². The van der Waals surface area contributed by atoms with Crippen molar-refractivity contribution in [1.82, 2.24) is 19.7 Å². The minimum Gasteiger partial charge on any atom is -0.462 e. The van der Waals surface area contributed by atoms with E-state index in [0.717, 1.165) is 11.4 Å². The van der Waals surface area contributed by atoms with E-state index in [1.165, 1.54) is 6.20 Å². The van der Waals surface area contributed by atoms with Crippen LogP contribution in [0.4, 0.5) is 11.5 Å². The van der Waals surface area contributed by atoms with Crippen LogP contribution in [0.25, 0.3) is 5.95 Å². The van der Waals surface area contributed by atoms with Gasteiger partial charge in [0.1, 0.15) is 5.56 Å². The van der Waals surface area contributed by atoms with Crippen LogP contribution in [0.2, 0.25) is 10.0 Å². The summed E-state index contributed by atoms with van der Waals surface area (Å²) in [4.78, 5) is 21.0. The summed E-state index contributed by atoms with van der Waals surface area (Å²) in [5, 5.41) is 8.18. The molecule has 27 heavy (non-hydrogen) atoms. The number of esters is 1. The van der Waals surface area contributed by atoms with Crippen molar-refractivity contribution in [1.29, 1.82) is 0 Å². The maximum atomic E-state index is 12.3. The Morgan fingerprint density at radius 3 is 2.56 bits per heavy atom. The molecule has 7 nitrogen and oxygen atoms in total. The number of carbonyl (C=O) groups is 1. The molecule has 0 saturated heterocycles. The third-order valence-corrected chi connectivity index (χ3v) is 4.31. The Balaban J connectivity index is 2.11. The zero-order valence-corrected chi connectivity index (χ0v) is 16.5. The zero-order valence-electron chi connectivity index (χ0n) is 15.0. The molecule has 140 valence electrons. The second-order valence-electron chi connectivity index (χ2n) is 5.71. The van der Waals surface area contributed by atoms with Gasteiger partial charge in [0.15, 0.2) is 5.82 Å². The first-order chi connectivity index (χ1) is 12.9. The van der Waals surface area contributed by atoms with Crippen molar-refractivity contribution in [3.8, 4) is 5.95 Å². The van der Waals surface area contributed by atoms with E-state index >= 15 is 0 Å². The van der Waals surface area contributed by atoms with Crippen LogP contribution in [0.1, 0.15) is 28.7 Å². The SMILES string of the molecule is CCOC(=O)c1cnc(-n2nc(C)cc2C)nc1Nc1c(Cl)cccc1Cl. The van der Waals surface area contributed by atoms with Gasteiger partial charge in [-0.1, -0.05) is 29.3 Å². The van der Waals surface area contributed by atoms with Crippen LogP contribution in [0.3, 0.4) is 0 Å². The van der Waals surface area contributed by atoms with E-state index < -0.39 is 5.97 Å². The maximum absolute atomic E-state index is 12.3. The predicted molar refractivity (Wildman–Crippen MR) is 104 cm³/mol. The van der Waals surface area contributed by atoms with E-state index in [0.29, 0.717) is 21.7 Å². The summed E-state index contributed by atoms with van der Waals surface area (Å²) in [5.41, 5.74) is 2.29. The van der Waals surface area contributed by atoms with Crippen molar-refractivity contribution in [2.75, 3.05) is 11.9 Å². The monoisotopic (exact) mass is 405 g/mol. The summed E-state index contributed by atoms with van der Waals surface area (Å²) in [5.74, 6) is -0.0246. The lowest BCUT2D eigenvalue weighted by Crippen LogP contribution is -2.14. The van der Waals surface area contributed by atoms with Gasteiger partial charge in [-0.25, -0.2) is 14.5 Å². The van der Waals surface area contributed by atoms with E-state index in [1.807, 2.05) is 19.9 Å². The molecule has 0 radical (unpaired) electrons. The molecule has 0 unspecified atom stereocenters. The van der Waals surface area contributed by atoms with Gasteiger partial charge in [0.05, 0.1) is 28.0 Å². The Labute approximate surface area is 166 Å². The molecular formula is C18H17Cl2N5O2. The van der Waals surface area contributed by atoms with Gasteiger partial charge in [0.25, 0.3) is 5.95 Å². The highest BCUT2D eigenvalue weighted by Crippen LogP contribution is 2.33. The van der Waals surface area contributed by atoms with Gasteiger partial charge in [-0.15, -0.1) is 0 Å². The van der Waals surface area contributed by atoms with Crippen LogP contribution in [0, 0.1) is 13.8 Å². The lowest BCUT2D eigenvalue weighted by Gasteiger charge is -2.14. The van der Waals surface area contributed by atoms with Crippen LogP contribution in [-0.2, 0) is 4.74 Å². The summed E-state index contributed by atoms with van der Waals surface area (Å²) in [6.07, 6.45) is 1.39. The van der Waals surface area contributed by atoms with Gasteiger partial charge in [0.2, 0.25) is 0 Å². The second-order valence-corrected chi connectivity index (χ2v) is 6.53. The maximum Gasteiger partial charge on any atom is 0.343 e. The molecule has 0 atom stereocenters. The van der Waals surface area contributed by atoms with Crippen LogP contribution in [0.15, 0.2) is 30.5 Å². The van der Waals surface area contributed by atoms with Crippen LogP contribution in [-0.4, -0.2) is 32.3 Å². The number of aryl methyl sites for hydroxylation is 2. The van der Waals surface area contributed by atoms with Crippen LogP contribution < -0.4 is 5.32 Å². The highest BCUT2D eigenvalue weighted by molar-refractivity contribution is 6.39. The smallest absolute Gasteiger partial charge is 0.343 e. The van der Waals surface area contributed by atoms with E-state index in [1.54, 1.807) is 29.8 Å². The summed E-state index contributed by atoms with van der Waals surface area (Å²) in [7, 11) is 0. The van der Waals surface area contributed by atoms with Gasteiger partial charge < -0.3 is 10.1 Å². The van der Waals surface area contributed by atoms with Gasteiger partial charge >= 0.3 is 5.97 Å². The second kappa shape index (κ2) is 7.94. The molecule has 0 spiro atoms. The van der Waals surface area contributed by atoms with Gasteiger partial charge in [-0.3, -0.25) is 0 Å². The van der Waals surface area contributed by atoms with Crippen LogP contribution >= 0.6 is 23.2 Å². The topological polar surface area (TPSA) is 81.9 Å². The van der Waals surface area contributed by atoms with Crippen molar-refractivity contribution in [3.05, 3.63) is 57.5 Å². The average molecular weight is 406 g/mol. The molecule has 0 saturated carbocycles. The van der Waals surface area contributed by atoms with Crippen molar-refractivity contribution in [2.45, 2.75) is 20.8 Å². The normalized spacial score (nSPS) is 10.7. The highest BCUT2D eigenvalue weighted by Gasteiger charge is 2.19. The minimum absolute atomic E-state index is 0.165. The Morgan fingerprint density at radius 2 is 1.96 bits per heavy atom. The number of anilines is 2. The number of para-hydroxylation sites is 1. The number of benzene rings is 1. The lowest BCUT2D eigenvalue weighted by atomic mass is 10.2. The van der Waals surface area contributed by atoms with Crippen molar-refractivity contribution in [2.24, 2.45) is 0 Å². The van der Waals surface area contributed by atoms with Crippen molar-refractivity contribution < 1.29 is 9.53 Å². The molecule has 1 N–H and O–H groups in total. The molecule has 3 aromatic rings. The number of aromatic nitrogens is 4. The molecule has 0 fully saturated rings. The molecule has 0 aliphatic carbocycles. The molecule has 1 aromatic carbocycles. The number of rotatable bonds is 5. The van der Waals surface area contributed by atoms with E-state index in [9.17, 15) is 4.79 Å². The van der Waals surface area contributed by atoms with Crippen LogP contribution in [0.5, 0.6) is 0 Å². The standard InChI is InChI=1S/C18H17Cl2N5O2/c1-4-27-17(26)12-9-21-18(25-11(3)8-10(2)24-25)23-16(12)22-15-13(19)6-5-7-14(15)20/h5-9H,4H2,1-3H3,(H,21,22,23). The first-order valence-corrected chi connectivity index (χ1v) is 8.95. The zero-order chi connectivity index (χ0) is 19.6. The van der Waals surface area contributed by atoms with Gasteiger partial charge in [-0.2, -0.15) is 10.1 Å². The number of halogens is 2. The van der Waals surface area contributed by atoms with E-state index in [4.69, 9.17) is 27.9 Å². The molecular weight excluding hydrogens is 389 g/mol. The highest BCUT2D eigenvalue weighted by atomic mass is 35.5. The number of nitrogens with zero attached hydrogens (tertiary/aromatic N) is 4. The minimum atomic E-state index is -0.553. The summed E-state index contributed by atoms with van der Waals surface area (Å²) in [6, 6.07) is 7.00. The third kappa shape index (κ3) is 4.04. The predicted octanol–water partition coefficient (Wildman–Crippen LogP) is 4.51. The Bertz CT molecular complexity index is 983. The first kappa shape index (κ1) is 19.1. The summed E-state index contributed by atoms with van der Waals surface area (Å²) < 4.78 is 6.68. The van der Waals surface area contributed by atoms with Crippen molar-refractivity contribution >= 4 is 40.7 Å². The fourth-order valence-electron chi connectivity index (χ4n) is 2.50. The quantitative estimate of drug-likeness (QED) is 0.628. The number of hydrogen-bond donors (Lipinski definition) is 1. The number of hydrogen-bond acceptors (Lipinski definition) is 6. The third-order valence-electron chi connectivity index (χ3n) is 3.68. The van der Waals surface area contributed by atoms with Gasteiger partial charge in [-0.05, 0) is 39.0 Å². The molecule has 2 aromatic heterocycles. The van der Waals surface area contributed by atoms with E-state index in [2.05, 4.69) is 20.4 Å². The molecule has 0 bridgehead atoms. The number of carbonyl (C=O) groups excluding carboxylic acids is 1. The fourth-order valence-corrected chi connectivity index (χ4v) is 2.99. The Hall–Kier alpha value is -2.64. The molecule has 0 aliphatic rings. The molecule has 0 amide bonds. The van der Waals surface area contributed by atoms with Gasteiger partial charge in [0, 0.05) is 11.9 Å². The lowest BCUT2D eigenvalue weighted by molar-refractivity contribution is 0.0526. The summed E-state index contributed by atoms with van der Waals surface area (Å²) >= 11 is 12.5. The van der Waals surface area contributed by atoms with Crippen molar-refractivity contribution in [3.63, 3.8) is 0 Å². The Kier molecular flexibility index (Phi) is 5.62. The molecule has 0 aliphatic heterocycles. The molecule has 9 heteroatoms. The first-order valence-electron chi connectivity index (χ1n) is 8.19. The number of ether oxygens (including phenoxy) is 1. The Morgan fingerprint density at radius 1 is 1.26 bits per heavy atom. The number of nitrogens with one attached hydrogen (secondary N) is 1. The average Bonchev–Trinajstić information content (AvgIpc) is 2.96. The summed E-state index contributed by atoms with van der Waals surface area (Å²) in [6.45, 7) is 5.71. The largest absolute Gasteiger partial charge is 0.462 e.